The summed E-state index contributed by atoms with van der Waals surface area (Å²) in [7, 11) is 0. The van der Waals surface area contributed by atoms with Crippen molar-refractivity contribution in [2.24, 2.45) is 0 Å². The van der Waals surface area contributed by atoms with E-state index >= 15 is 0 Å². The van der Waals surface area contributed by atoms with Gasteiger partial charge in [-0.3, -0.25) is 0 Å². The molecule has 9 heteroatoms. The SMILES string of the molecule is c1ccc(-c2ccccc2N(c2ccccc2)c2cc3c4c(c2)N(c2ccccc2-c2ccccc2)c2ccccc2B4c2cc4c(cc2O3)N(c2c(-c3ccccc3)cccc2-c2ccccc2)c2cc3c(cc2C42c4ccccc4-c4ccccc42)B2c4ccccc4N(c4ccccc4)c4cc(N(c5ccccc5)c5ccccc5)cc(c42)N3c2ccccc2)cc1. The van der Waals surface area contributed by atoms with E-state index in [4.69, 9.17) is 4.74 Å². The Morgan fingerprint density at radius 2 is 0.569 bits per heavy atom. The first-order valence-electron chi connectivity index (χ1n) is 44.9. The van der Waals surface area contributed by atoms with Crippen LogP contribution in [0.15, 0.2) is 485 Å². The lowest BCUT2D eigenvalue weighted by atomic mass is 9.33. The van der Waals surface area contributed by atoms with Crippen LogP contribution in [0.2, 0.25) is 0 Å². The third-order valence-electron chi connectivity index (χ3n) is 27.6. The van der Waals surface area contributed by atoms with E-state index in [2.05, 4.69) is 515 Å². The van der Waals surface area contributed by atoms with Gasteiger partial charge in [0, 0.05) is 96.9 Å². The molecule has 606 valence electrons. The topological polar surface area (TPSA) is 28.7 Å². The first-order chi connectivity index (χ1) is 64.6. The lowest BCUT2D eigenvalue weighted by molar-refractivity contribution is 0.487. The van der Waals surface area contributed by atoms with Gasteiger partial charge >= 0.3 is 0 Å². The first kappa shape index (κ1) is 74.5. The minimum absolute atomic E-state index is 0.303. The van der Waals surface area contributed by atoms with Gasteiger partial charge in [0.15, 0.2) is 0 Å². The molecule has 7 nitrogen and oxygen atoms in total. The molecule has 26 rings (SSSR count). The van der Waals surface area contributed by atoms with Gasteiger partial charge in [0.1, 0.15) is 11.5 Å². The molecule has 20 aromatic rings. The summed E-state index contributed by atoms with van der Waals surface area (Å²) in [6.07, 6.45) is 0. The standard InChI is InChI=1S/C121H80B2N6O/c1-10-41-81(42-11-1)92-59-30-36-69-106(92)125(87-53-22-7-23-54-87)91-75-115-119-117(76-91)130-116-80-111-101(78-105(116)123(119)103-68-35-39-72-109(103)128(115)107-70-37-31-60-93(107)82-43-12-2-13-44-82)121(98-65-32-28-61-96(98)97-62-29-33-66-99(97)121)100-77-104-112(79-110(100)129(111)120-94(83-45-14-3-15-46-83)63-40-64-95(120)84-47-16-4-17-48-84)127(89-57-26-9-27-58-89)114-74-90(124(85-49-18-5-19-50-85)86-51-20-6-21-52-86)73-113-118(114)122(104)102-67-34-38-71-108(102)126(113)88-55-24-8-25-56-88/h1-80H. The summed E-state index contributed by atoms with van der Waals surface area (Å²) in [5, 5.41) is 0. The van der Waals surface area contributed by atoms with Gasteiger partial charge in [0.25, 0.3) is 13.4 Å². The zero-order chi connectivity index (χ0) is 85.5. The number of rotatable bonds is 14. The van der Waals surface area contributed by atoms with Crippen LogP contribution in [0.1, 0.15) is 22.3 Å². The number of anilines is 18. The maximum absolute atomic E-state index is 8.40. The van der Waals surface area contributed by atoms with Crippen LogP contribution in [0, 0.1) is 0 Å². The molecule has 0 bridgehead atoms. The number of nitrogens with zero attached hydrogens (tertiary/aromatic N) is 6. The normalized spacial score (nSPS) is 13.3. The minimum atomic E-state index is -1.02. The van der Waals surface area contributed by atoms with Crippen molar-refractivity contribution >= 4 is 149 Å². The maximum atomic E-state index is 8.40. The summed E-state index contributed by atoms with van der Waals surface area (Å²) in [5.74, 6) is 1.54. The van der Waals surface area contributed by atoms with Crippen molar-refractivity contribution in [3.63, 3.8) is 0 Å². The summed E-state index contributed by atoms with van der Waals surface area (Å²) < 4.78 is 8.40. The van der Waals surface area contributed by atoms with Crippen molar-refractivity contribution in [3.05, 3.63) is 508 Å². The van der Waals surface area contributed by atoms with Gasteiger partial charge in [-0.2, -0.15) is 0 Å². The summed E-state index contributed by atoms with van der Waals surface area (Å²) in [6.45, 7) is -0.669. The predicted octanol–water partition coefficient (Wildman–Crippen LogP) is 27.9. The van der Waals surface area contributed by atoms with Crippen molar-refractivity contribution in [1.82, 2.24) is 0 Å². The average Bonchev–Trinajstić information content (AvgIpc) is 1.35. The van der Waals surface area contributed by atoms with Gasteiger partial charge in [-0.25, -0.2) is 0 Å². The molecule has 0 saturated heterocycles. The van der Waals surface area contributed by atoms with Crippen LogP contribution in [0.3, 0.4) is 0 Å². The van der Waals surface area contributed by atoms with Crippen molar-refractivity contribution < 1.29 is 4.74 Å². The summed E-state index contributed by atoms with van der Waals surface area (Å²) in [5.41, 5.74) is 40.7. The van der Waals surface area contributed by atoms with Gasteiger partial charge in [0.2, 0.25) is 0 Å². The predicted molar refractivity (Wildman–Crippen MR) is 543 cm³/mol. The number of hydrogen-bond donors (Lipinski definition) is 0. The van der Waals surface area contributed by atoms with E-state index in [0.29, 0.717) is 0 Å². The second-order valence-electron chi connectivity index (χ2n) is 34.4. The van der Waals surface area contributed by atoms with Gasteiger partial charge < -0.3 is 34.1 Å². The van der Waals surface area contributed by atoms with E-state index in [0.717, 1.165) is 175 Å². The number of fused-ring (bicyclic) bond motifs is 17. The molecule has 20 aromatic carbocycles. The molecule has 0 saturated carbocycles. The number of para-hydroxylation sites is 10. The van der Waals surface area contributed by atoms with E-state index < -0.39 is 5.41 Å². The zero-order valence-corrected chi connectivity index (χ0v) is 70.9. The smallest absolute Gasteiger partial charge is 0.256 e. The fourth-order valence-electron chi connectivity index (χ4n) is 22.4. The van der Waals surface area contributed by atoms with Gasteiger partial charge in [0.05, 0.1) is 45.2 Å². The molecule has 0 radical (unpaired) electrons. The van der Waals surface area contributed by atoms with Crippen molar-refractivity contribution in [3.8, 4) is 67.1 Å². The number of ether oxygens (including phenoxy) is 1. The molecular formula is C121H80B2N6O. The maximum Gasteiger partial charge on any atom is 0.256 e. The highest BCUT2D eigenvalue weighted by molar-refractivity contribution is 7.01. The molecule has 6 aliphatic rings. The Hall–Kier alpha value is -16.9. The average molecular weight is 1660 g/mol. The largest absolute Gasteiger partial charge is 0.458 e. The van der Waals surface area contributed by atoms with Crippen molar-refractivity contribution in [2.45, 2.75) is 5.41 Å². The van der Waals surface area contributed by atoms with Crippen LogP contribution in [0.5, 0.6) is 11.5 Å². The van der Waals surface area contributed by atoms with E-state index in [1.165, 1.54) is 49.7 Å². The number of hydrogen-bond acceptors (Lipinski definition) is 7. The highest BCUT2D eigenvalue weighted by Crippen LogP contribution is 2.67. The van der Waals surface area contributed by atoms with E-state index in [9.17, 15) is 0 Å². The van der Waals surface area contributed by atoms with Gasteiger partial charge in [-0.05, 0) is 198 Å². The molecule has 0 atom stereocenters. The molecule has 0 unspecified atom stereocenters. The molecular weight excluding hydrogens is 1570 g/mol. The molecule has 130 heavy (non-hydrogen) atoms. The van der Waals surface area contributed by atoms with Crippen LogP contribution < -0.4 is 66.9 Å². The molecule has 0 fully saturated rings. The molecule has 0 amide bonds. The number of benzene rings is 20. The highest BCUT2D eigenvalue weighted by atomic mass is 16.5. The second kappa shape index (κ2) is 30.2. The summed E-state index contributed by atoms with van der Waals surface area (Å²) >= 11 is 0. The van der Waals surface area contributed by atoms with Crippen LogP contribution in [0.4, 0.5) is 102 Å². The summed E-state index contributed by atoms with van der Waals surface area (Å²) in [4.78, 5) is 15.3. The second-order valence-corrected chi connectivity index (χ2v) is 34.4. The van der Waals surface area contributed by atoms with Crippen LogP contribution >= 0.6 is 0 Å². The van der Waals surface area contributed by atoms with Crippen LogP contribution in [-0.2, 0) is 5.41 Å². The van der Waals surface area contributed by atoms with Crippen LogP contribution in [0.25, 0.3) is 55.6 Å². The fraction of sp³-hybridized carbons (Fsp3) is 0.00826. The lowest BCUT2D eigenvalue weighted by Gasteiger charge is -2.49. The Balaban J connectivity index is 0.807. The molecule has 1 aliphatic carbocycles. The van der Waals surface area contributed by atoms with E-state index in [1.54, 1.807) is 0 Å². The molecule has 5 heterocycles. The van der Waals surface area contributed by atoms with Gasteiger partial charge in [-0.15, -0.1) is 0 Å². The molecule has 0 N–H and O–H groups in total. The Morgan fingerprint density at radius 3 is 1.10 bits per heavy atom. The quantitative estimate of drug-likeness (QED) is 0.100. The minimum Gasteiger partial charge on any atom is -0.458 e. The molecule has 0 aromatic heterocycles. The molecule has 5 aliphatic heterocycles. The fourth-order valence-corrected chi connectivity index (χ4v) is 22.4. The van der Waals surface area contributed by atoms with Crippen molar-refractivity contribution in [2.75, 3.05) is 29.4 Å². The first-order valence-corrected chi connectivity index (χ1v) is 44.9. The van der Waals surface area contributed by atoms with Crippen molar-refractivity contribution in [1.29, 1.82) is 0 Å². The Bertz CT molecular complexity index is 7720. The van der Waals surface area contributed by atoms with Gasteiger partial charge in [-0.1, -0.05) is 364 Å². The Morgan fingerprint density at radius 1 is 0.200 bits per heavy atom. The third-order valence-corrected chi connectivity index (χ3v) is 27.6. The van der Waals surface area contributed by atoms with Crippen LogP contribution in [-0.4, -0.2) is 13.4 Å². The Labute approximate surface area is 757 Å². The lowest BCUT2D eigenvalue weighted by Crippen LogP contribution is -2.61. The highest BCUT2D eigenvalue weighted by Gasteiger charge is 2.56. The summed E-state index contributed by atoms with van der Waals surface area (Å²) in [6, 6.07) is 181. The van der Waals surface area contributed by atoms with E-state index in [1.807, 2.05) is 0 Å². The zero-order valence-electron chi connectivity index (χ0n) is 70.9. The Kier molecular flexibility index (Phi) is 17.3. The third kappa shape index (κ3) is 11.4. The van der Waals surface area contributed by atoms with E-state index in [-0.39, 0.29) is 13.4 Å². The molecule has 1 spiro atoms. The monoisotopic (exact) mass is 1650 g/mol.